The molecule has 5 heteroatoms. The minimum Gasteiger partial charge on any atom is -0.489 e. The van der Waals surface area contributed by atoms with Gasteiger partial charge in [0.1, 0.15) is 11.9 Å². The highest BCUT2D eigenvalue weighted by atomic mass is 127. The molecule has 0 aliphatic heterocycles. The smallest absolute Gasteiger partial charge is 0.195 e. The summed E-state index contributed by atoms with van der Waals surface area (Å²) in [7, 11) is 8.00. The van der Waals surface area contributed by atoms with Crippen LogP contribution < -0.4 is 4.74 Å². The van der Waals surface area contributed by atoms with Gasteiger partial charge in [-0.3, -0.25) is 0 Å². The molecule has 1 aromatic rings. The first kappa shape index (κ1) is 20.0. The number of benzene rings is 1. The van der Waals surface area contributed by atoms with Gasteiger partial charge in [-0.2, -0.15) is 0 Å². The number of ether oxygens (including phenoxy) is 1. The summed E-state index contributed by atoms with van der Waals surface area (Å²) < 4.78 is 6.01. The van der Waals surface area contributed by atoms with E-state index in [0.717, 1.165) is 18.1 Å². The maximum atomic E-state index is 6.01. The van der Waals surface area contributed by atoms with Crippen LogP contribution in [-0.4, -0.2) is 56.6 Å². The zero-order valence-electron chi connectivity index (χ0n) is 14.0. The second-order valence-electron chi connectivity index (χ2n) is 5.39. The molecule has 0 heterocycles. The summed E-state index contributed by atoms with van der Waals surface area (Å²) in [6.45, 7) is 4.86. The van der Waals surface area contributed by atoms with E-state index in [-0.39, 0.29) is 30.1 Å². The van der Waals surface area contributed by atoms with E-state index < -0.39 is 0 Å². The lowest BCUT2D eigenvalue weighted by Crippen LogP contribution is -2.36. The number of nitrogens with zero attached hydrogens (tertiary/aromatic N) is 3. The van der Waals surface area contributed by atoms with E-state index in [1.165, 1.54) is 5.56 Å². The van der Waals surface area contributed by atoms with Crippen molar-refractivity contribution >= 4 is 29.9 Å². The van der Waals surface area contributed by atoms with Crippen molar-refractivity contribution in [1.82, 2.24) is 9.80 Å². The molecule has 0 radical (unpaired) electrons. The second-order valence-corrected chi connectivity index (χ2v) is 5.39. The number of aliphatic imine (C=N–C) groups is 1. The molecule has 1 unspecified atom stereocenters. The van der Waals surface area contributed by atoms with Crippen molar-refractivity contribution in [1.29, 1.82) is 0 Å². The monoisotopic (exact) mass is 405 g/mol. The molecule has 1 atom stereocenters. The summed E-state index contributed by atoms with van der Waals surface area (Å²) in [4.78, 5) is 8.68. The van der Waals surface area contributed by atoms with Crippen LogP contribution in [0.4, 0.5) is 0 Å². The molecule has 1 rings (SSSR count). The number of hydrogen-bond donors (Lipinski definition) is 0. The third kappa shape index (κ3) is 7.02. The molecule has 0 aliphatic rings. The molecule has 0 spiro atoms. The molecule has 4 nitrogen and oxygen atoms in total. The SMILES string of the molecule is CCC(CN=C(N(C)C)N(C)C)Oc1cccc(C)c1.I. The molecule has 0 amide bonds. The van der Waals surface area contributed by atoms with E-state index in [0.29, 0.717) is 6.54 Å². The molecule has 21 heavy (non-hydrogen) atoms. The molecule has 0 aliphatic carbocycles. The first-order valence-corrected chi connectivity index (χ1v) is 7.06. The summed E-state index contributed by atoms with van der Waals surface area (Å²) in [5, 5.41) is 0. The summed E-state index contributed by atoms with van der Waals surface area (Å²) in [5.74, 6) is 1.87. The van der Waals surface area contributed by atoms with Crippen molar-refractivity contribution in [3.8, 4) is 5.75 Å². The van der Waals surface area contributed by atoms with Gasteiger partial charge >= 0.3 is 0 Å². The molecule has 0 saturated heterocycles. The summed E-state index contributed by atoms with van der Waals surface area (Å²) in [5.41, 5.74) is 1.21. The molecule has 1 aromatic carbocycles. The Morgan fingerprint density at radius 2 is 1.81 bits per heavy atom. The van der Waals surface area contributed by atoms with Gasteiger partial charge < -0.3 is 14.5 Å². The third-order valence-corrected chi connectivity index (χ3v) is 2.98. The number of guanidine groups is 1. The molecule has 0 saturated carbocycles. The van der Waals surface area contributed by atoms with Gasteiger partial charge in [0.15, 0.2) is 5.96 Å². The van der Waals surface area contributed by atoms with Gasteiger partial charge in [-0.15, -0.1) is 24.0 Å². The fraction of sp³-hybridized carbons (Fsp3) is 0.562. The topological polar surface area (TPSA) is 28.1 Å². The lowest BCUT2D eigenvalue weighted by Gasteiger charge is -2.24. The van der Waals surface area contributed by atoms with Crippen molar-refractivity contribution in [2.75, 3.05) is 34.7 Å². The first-order chi connectivity index (χ1) is 9.43. The van der Waals surface area contributed by atoms with Gasteiger partial charge in [-0.1, -0.05) is 19.1 Å². The van der Waals surface area contributed by atoms with Crippen LogP contribution >= 0.6 is 24.0 Å². The van der Waals surface area contributed by atoms with Crippen molar-refractivity contribution < 1.29 is 4.74 Å². The molecular formula is C16H28IN3O. The first-order valence-electron chi connectivity index (χ1n) is 7.06. The normalized spacial score (nSPS) is 11.1. The van der Waals surface area contributed by atoms with Crippen LogP contribution in [0.25, 0.3) is 0 Å². The van der Waals surface area contributed by atoms with Gasteiger partial charge in [0.05, 0.1) is 6.54 Å². The van der Waals surface area contributed by atoms with E-state index in [1.54, 1.807) is 0 Å². The lowest BCUT2D eigenvalue weighted by molar-refractivity contribution is 0.204. The molecule has 0 bridgehead atoms. The van der Waals surface area contributed by atoms with Gasteiger partial charge in [-0.25, -0.2) is 4.99 Å². The Hall–Kier alpha value is -0.980. The molecule has 120 valence electrons. The van der Waals surface area contributed by atoms with Crippen molar-refractivity contribution in [3.63, 3.8) is 0 Å². The summed E-state index contributed by atoms with van der Waals surface area (Å²) in [6.07, 6.45) is 1.04. The van der Waals surface area contributed by atoms with Crippen LogP contribution in [0.3, 0.4) is 0 Å². The Balaban J connectivity index is 0.00000400. The molecule has 0 fully saturated rings. The number of aryl methyl sites for hydroxylation is 1. The lowest BCUT2D eigenvalue weighted by atomic mass is 10.2. The third-order valence-electron chi connectivity index (χ3n) is 2.98. The predicted octanol–water partition coefficient (Wildman–Crippen LogP) is 3.25. The van der Waals surface area contributed by atoms with Gasteiger partial charge in [0, 0.05) is 28.2 Å². The van der Waals surface area contributed by atoms with Gasteiger partial charge in [0.2, 0.25) is 0 Å². The predicted molar refractivity (Wildman–Crippen MR) is 101 cm³/mol. The van der Waals surface area contributed by atoms with E-state index >= 15 is 0 Å². The van der Waals surface area contributed by atoms with Crippen LogP contribution in [0.2, 0.25) is 0 Å². The Labute approximate surface area is 146 Å². The Morgan fingerprint density at radius 1 is 1.19 bits per heavy atom. The van der Waals surface area contributed by atoms with Crippen molar-refractivity contribution in [2.24, 2.45) is 4.99 Å². The highest BCUT2D eigenvalue weighted by Gasteiger charge is 2.10. The van der Waals surface area contributed by atoms with E-state index in [1.807, 2.05) is 50.1 Å². The maximum absolute atomic E-state index is 6.01. The van der Waals surface area contributed by atoms with E-state index in [2.05, 4.69) is 31.0 Å². The minimum absolute atomic E-state index is 0. The van der Waals surface area contributed by atoms with Crippen molar-refractivity contribution in [2.45, 2.75) is 26.4 Å². The van der Waals surface area contributed by atoms with Crippen LogP contribution in [0.1, 0.15) is 18.9 Å². The zero-order chi connectivity index (χ0) is 15.1. The quantitative estimate of drug-likeness (QED) is 0.428. The van der Waals surface area contributed by atoms with Gasteiger partial charge in [0.25, 0.3) is 0 Å². The molecular weight excluding hydrogens is 377 g/mol. The molecule has 0 N–H and O–H groups in total. The average molecular weight is 405 g/mol. The van der Waals surface area contributed by atoms with Crippen LogP contribution in [0.5, 0.6) is 5.75 Å². The highest BCUT2D eigenvalue weighted by Crippen LogP contribution is 2.15. The Bertz CT molecular complexity index is 437. The number of halogens is 1. The number of rotatable bonds is 5. The fourth-order valence-corrected chi connectivity index (χ4v) is 2.00. The largest absolute Gasteiger partial charge is 0.489 e. The Kier molecular flexibility index (Phi) is 9.41. The minimum atomic E-state index is 0. The molecule has 0 aromatic heterocycles. The van der Waals surface area contributed by atoms with E-state index in [9.17, 15) is 0 Å². The second kappa shape index (κ2) is 9.87. The summed E-state index contributed by atoms with van der Waals surface area (Å²) in [6, 6.07) is 8.15. The average Bonchev–Trinajstić information content (AvgIpc) is 2.36. The highest BCUT2D eigenvalue weighted by molar-refractivity contribution is 14.0. The zero-order valence-corrected chi connectivity index (χ0v) is 16.3. The maximum Gasteiger partial charge on any atom is 0.195 e. The van der Waals surface area contributed by atoms with Crippen LogP contribution in [0.15, 0.2) is 29.3 Å². The Morgan fingerprint density at radius 3 is 2.29 bits per heavy atom. The van der Waals surface area contributed by atoms with Crippen LogP contribution in [0, 0.1) is 6.92 Å². The standard InChI is InChI=1S/C16H27N3O.HI/c1-7-14(12-17-16(18(3)4)19(5)6)20-15-10-8-9-13(2)11-15;/h8-11,14H,7,12H2,1-6H3;1H. The number of hydrogen-bond acceptors (Lipinski definition) is 2. The van der Waals surface area contributed by atoms with Crippen molar-refractivity contribution in [3.05, 3.63) is 29.8 Å². The van der Waals surface area contributed by atoms with Crippen LogP contribution in [-0.2, 0) is 0 Å². The van der Waals surface area contributed by atoms with E-state index in [4.69, 9.17) is 4.74 Å². The van der Waals surface area contributed by atoms with Gasteiger partial charge in [-0.05, 0) is 31.0 Å². The summed E-state index contributed by atoms with van der Waals surface area (Å²) >= 11 is 0. The fourth-order valence-electron chi connectivity index (χ4n) is 2.00.